The van der Waals surface area contributed by atoms with E-state index in [-0.39, 0.29) is 24.8 Å². The van der Waals surface area contributed by atoms with E-state index in [2.05, 4.69) is 16.5 Å². The van der Waals surface area contributed by atoms with Crippen LogP contribution in [0.4, 0.5) is 5.69 Å². The third-order valence-corrected chi connectivity index (χ3v) is 1.99. The van der Waals surface area contributed by atoms with Crippen LogP contribution >= 0.6 is 24.8 Å². The van der Waals surface area contributed by atoms with Gasteiger partial charge in [0.25, 0.3) is 0 Å². The molecule has 3 nitrogen and oxygen atoms in total. The van der Waals surface area contributed by atoms with E-state index in [0.717, 1.165) is 23.3 Å². The Labute approximate surface area is 95.1 Å². The predicted molar refractivity (Wildman–Crippen MR) is 64.3 cm³/mol. The number of nitrogens with zero attached hydrogens (tertiary/aromatic N) is 2. The van der Waals surface area contributed by atoms with Crippen LogP contribution in [0, 0.1) is 0 Å². The zero-order valence-corrected chi connectivity index (χ0v) is 9.44. The van der Waals surface area contributed by atoms with E-state index < -0.39 is 0 Å². The molecule has 1 aromatic heterocycles. The number of aryl methyl sites for hydroxylation is 1. The van der Waals surface area contributed by atoms with Crippen LogP contribution in [0.15, 0.2) is 24.5 Å². The highest BCUT2D eigenvalue weighted by molar-refractivity contribution is 5.85. The highest BCUT2D eigenvalue weighted by Gasteiger charge is 1.99. The number of nitrogens with two attached hydrogens (primary N) is 1. The highest BCUT2D eigenvalue weighted by Crippen LogP contribution is 2.15. The Morgan fingerprint density at radius 3 is 2.71 bits per heavy atom. The lowest BCUT2D eigenvalue weighted by Crippen LogP contribution is -1.90. The van der Waals surface area contributed by atoms with Crippen molar-refractivity contribution in [1.82, 2.24) is 9.55 Å². The Kier molecular flexibility index (Phi) is 4.74. The summed E-state index contributed by atoms with van der Waals surface area (Å²) in [4.78, 5) is 4.23. The van der Waals surface area contributed by atoms with Crippen molar-refractivity contribution in [2.75, 3.05) is 5.73 Å². The summed E-state index contributed by atoms with van der Waals surface area (Å²) in [6.07, 6.45) is 1.84. The number of benzene rings is 1. The van der Waals surface area contributed by atoms with E-state index in [1.807, 2.05) is 24.5 Å². The fourth-order valence-electron chi connectivity index (χ4n) is 1.33. The van der Waals surface area contributed by atoms with Gasteiger partial charge in [0.15, 0.2) is 0 Å². The van der Waals surface area contributed by atoms with Gasteiger partial charge in [-0.1, -0.05) is 0 Å². The smallest absolute Gasteiger partial charge is 0.0958 e. The van der Waals surface area contributed by atoms with Gasteiger partial charge >= 0.3 is 0 Å². The van der Waals surface area contributed by atoms with Gasteiger partial charge in [-0.25, -0.2) is 4.98 Å². The summed E-state index contributed by atoms with van der Waals surface area (Å²) in [5.41, 5.74) is 8.51. The van der Waals surface area contributed by atoms with Crippen molar-refractivity contribution in [2.24, 2.45) is 0 Å². The van der Waals surface area contributed by atoms with Gasteiger partial charge in [0.1, 0.15) is 0 Å². The topological polar surface area (TPSA) is 43.8 Å². The first-order valence-electron chi connectivity index (χ1n) is 4.01. The Bertz CT molecular complexity index is 411. The van der Waals surface area contributed by atoms with E-state index in [4.69, 9.17) is 5.73 Å². The van der Waals surface area contributed by atoms with Crippen molar-refractivity contribution in [3.05, 3.63) is 24.5 Å². The van der Waals surface area contributed by atoms with Gasteiger partial charge < -0.3 is 10.3 Å². The Morgan fingerprint density at radius 1 is 1.36 bits per heavy atom. The number of fused-ring (bicyclic) bond motifs is 1. The van der Waals surface area contributed by atoms with Crippen molar-refractivity contribution in [3.8, 4) is 0 Å². The second-order valence-electron chi connectivity index (χ2n) is 2.78. The minimum absolute atomic E-state index is 0. The minimum Gasteiger partial charge on any atom is -0.399 e. The van der Waals surface area contributed by atoms with Gasteiger partial charge in [0.05, 0.1) is 17.4 Å². The molecule has 2 rings (SSSR count). The van der Waals surface area contributed by atoms with Gasteiger partial charge in [-0.2, -0.15) is 0 Å². The number of hydrogen-bond acceptors (Lipinski definition) is 2. The van der Waals surface area contributed by atoms with Crippen molar-refractivity contribution < 1.29 is 0 Å². The maximum absolute atomic E-state index is 5.63. The van der Waals surface area contributed by atoms with Crippen molar-refractivity contribution in [2.45, 2.75) is 13.5 Å². The first-order valence-corrected chi connectivity index (χ1v) is 4.01. The number of anilines is 1. The molecular formula is C9H13Cl2N3. The molecule has 0 atom stereocenters. The number of imidazole rings is 1. The van der Waals surface area contributed by atoms with E-state index >= 15 is 0 Å². The third kappa shape index (κ3) is 2.11. The zero-order valence-electron chi connectivity index (χ0n) is 7.80. The lowest BCUT2D eigenvalue weighted by atomic mass is 10.3. The number of nitrogen functional groups attached to an aromatic ring is 1. The molecule has 2 aromatic rings. The van der Waals surface area contributed by atoms with Crippen molar-refractivity contribution in [3.63, 3.8) is 0 Å². The van der Waals surface area contributed by atoms with Gasteiger partial charge in [-0.3, -0.25) is 0 Å². The molecule has 0 amide bonds. The normalized spacial score (nSPS) is 9.21. The van der Waals surface area contributed by atoms with Crippen LogP contribution in [0.25, 0.3) is 11.0 Å². The maximum atomic E-state index is 5.63. The van der Waals surface area contributed by atoms with Crippen LogP contribution in [-0.4, -0.2) is 9.55 Å². The number of hydrogen-bond donors (Lipinski definition) is 1. The SMILES string of the molecule is CCn1cnc2cc(N)ccc21.Cl.Cl. The lowest BCUT2D eigenvalue weighted by molar-refractivity contribution is 0.787. The Morgan fingerprint density at radius 2 is 2.07 bits per heavy atom. The lowest BCUT2D eigenvalue weighted by Gasteiger charge is -1.98. The summed E-state index contributed by atoms with van der Waals surface area (Å²) in [6.45, 7) is 3.04. The van der Waals surface area contributed by atoms with Crippen LogP contribution in [0.5, 0.6) is 0 Å². The molecule has 0 bridgehead atoms. The molecule has 1 heterocycles. The Balaban J connectivity index is 0.000000845. The molecule has 2 N–H and O–H groups in total. The molecule has 1 aromatic carbocycles. The molecule has 0 saturated heterocycles. The quantitative estimate of drug-likeness (QED) is 0.770. The average molecular weight is 234 g/mol. The number of aromatic nitrogens is 2. The molecule has 0 unspecified atom stereocenters. The second-order valence-corrected chi connectivity index (χ2v) is 2.78. The Hall–Kier alpha value is -0.930. The van der Waals surface area contributed by atoms with Crippen LogP contribution in [-0.2, 0) is 6.54 Å². The fourth-order valence-corrected chi connectivity index (χ4v) is 1.33. The zero-order chi connectivity index (χ0) is 8.55. The van der Waals surface area contributed by atoms with E-state index in [1.165, 1.54) is 0 Å². The van der Waals surface area contributed by atoms with Crippen LogP contribution < -0.4 is 5.73 Å². The standard InChI is InChI=1S/C9H11N3.2ClH/c1-2-12-6-11-8-5-7(10)3-4-9(8)12;;/h3-6H,2,10H2,1H3;2*1H. The summed E-state index contributed by atoms with van der Waals surface area (Å²) < 4.78 is 2.09. The largest absolute Gasteiger partial charge is 0.399 e. The highest BCUT2D eigenvalue weighted by atomic mass is 35.5. The number of rotatable bonds is 1. The van der Waals surface area contributed by atoms with Crippen LogP contribution in [0.2, 0.25) is 0 Å². The predicted octanol–water partition coefficient (Wildman–Crippen LogP) is 2.48. The molecule has 14 heavy (non-hydrogen) atoms. The summed E-state index contributed by atoms with van der Waals surface area (Å²) in [7, 11) is 0. The molecule has 0 radical (unpaired) electrons. The molecule has 5 heteroatoms. The van der Waals surface area contributed by atoms with E-state index in [9.17, 15) is 0 Å². The second kappa shape index (κ2) is 5.08. The van der Waals surface area contributed by atoms with Crippen molar-refractivity contribution in [1.29, 1.82) is 0 Å². The summed E-state index contributed by atoms with van der Waals surface area (Å²) in [6, 6.07) is 5.79. The van der Waals surface area contributed by atoms with E-state index in [1.54, 1.807) is 0 Å². The van der Waals surface area contributed by atoms with Crippen molar-refractivity contribution >= 4 is 41.5 Å². The summed E-state index contributed by atoms with van der Waals surface area (Å²) in [5.74, 6) is 0. The maximum Gasteiger partial charge on any atom is 0.0958 e. The van der Waals surface area contributed by atoms with Crippen LogP contribution in [0.1, 0.15) is 6.92 Å². The first-order chi connectivity index (χ1) is 5.81. The third-order valence-electron chi connectivity index (χ3n) is 1.99. The van der Waals surface area contributed by atoms with Gasteiger partial charge in [-0.05, 0) is 25.1 Å². The molecule has 0 spiro atoms. The average Bonchev–Trinajstić information content (AvgIpc) is 2.46. The minimum atomic E-state index is 0. The molecule has 0 aliphatic carbocycles. The van der Waals surface area contributed by atoms with Gasteiger partial charge in [0, 0.05) is 12.2 Å². The summed E-state index contributed by atoms with van der Waals surface area (Å²) in [5, 5.41) is 0. The summed E-state index contributed by atoms with van der Waals surface area (Å²) >= 11 is 0. The van der Waals surface area contributed by atoms with E-state index in [0.29, 0.717) is 0 Å². The molecule has 0 aliphatic heterocycles. The molecular weight excluding hydrogens is 221 g/mol. The molecule has 0 aliphatic rings. The van der Waals surface area contributed by atoms with Gasteiger partial charge in [0.2, 0.25) is 0 Å². The molecule has 0 fully saturated rings. The van der Waals surface area contributed by atoms with Gasteiger partial charge in [-0.15, -0.1) is 24.8 Å². The fraction of sp³-hybridized carbons (Fsp3) is 0.222. The molecule has 78 valence electrons. The first kappa shape index (κ1) is 13.1. The number of halogens is 2. The monoisotopic (exact) mass is 233 g/mol. The molecule has 0 saturated carbocycles. The van der Waals surface area contributed by atoms with Crippen LogP contribution in [0.3, 0.4) is 0 Å².